The van der Waals surface area contributed by atoms with Crippen LogP contribution in [-0.2, 0) is 4.79 Å². The molecule has 6 nitrogen and oxygen atoms in total. The Kier molecular flexibility index (Phi) is 4.65. The number of nitrogens with two attached hydrogens (primary N) is 1. The minimum atomic E-state index is -0.222. The van der Waals surface area contributed by atoms with Gasteiger partial charge in [0.15, 0.2) is 0 Å². The Bertz CT molecular complexity index is 529. The Hall–Kier alpha value is -1.85. The second-order valence-corrected chi connectivity index (χ2v) is 5.90. The minimum absolute atomic E-state index is 0.0792. The number of aromatic nitrogens is 2. The first-order chi connectivity index (χ1) is 9.93. The lowest BCUT2D eigenvalue weighted by molar-refractivity contribution is -0.121. The van der Waals surface area contributed by atoms with Gasteiger partial charge >= 0.3 is 0 Å². The van der Waals surface area contributed by atoms with Crippen LogP contribution >= 0.6 is 0 Å². The summed E-state index contributed by atoms with van der Waals surface area (Å²) in [6.45, 7) is 10.5. The maximum absolute atomic E-state index is 11.4. The average Bonchev–Trinajstić information content (AvgIpc) is 2.90. The van der Waals surface area contributed by atoms with E-state index in [1.54, 1.807) is 0 Å². The summed E-state index contributed by atoms with van der Waals surface area (Å²) >= 11 is 0. The minimum Gasteiger partial charge on any atom is -0.370 e. The number of primary amides is 1. The van der Waals surface area contributed by atoms with Crippen molar-refractivity contribution >= 4 is 17.5 Å². The molecule has 1 unspecified atom stereocenters. The zero-order valence-corrected chi connectivity index (χ0v) is 13.3. The number of hydrogen-bond acceptors (Lipinski definition) is 5. The van der Waals surface area contributed by atoms with E-state index in [1.807, 2.05) is 6.92 Å². The molecule has 6 heteroatoms. The molecule has 3 N–H and O–H groups in total. The summed E-state index contributed by atoms with van der Waals surface area (Å²) in [6.07, 6.45) is 0.798. The first kappa shape index (κ1) is 15.5. The fourth-order valence-corrected chi connectivity index (χ4v) is 2.61. The number of rotatable bonds is 5. The molecule has 1 aliphatic heterocycles. The third-order valence-electron chi connectivity index (χ3n) is 3.89. The van der Waals surface area contributed by atoms with Gasteiger partial charge in [-0.2, -0.15) is 0 Å². The third-order valence-corrected chi connectivity index (χ3v) is 3.89. The summed E-state index contributed by atoms with van der Waals surface area (Å²) in [6, 6.07) is 0. The van der Waals surface area contributed by atoms with Crippen LogP contribution in [0, 0.1) is 12.8 Å². The monoisotopic (exact) mass is 291 g/mol. The van der Waals surface area contributed by atoms with Crippen molar-refractivity contribution in [2.45, 2.75) is 40.0 Å². The van der Waals surface area contributed by atoms with Crippen molar-refractivity contribution in [1.82, 2.24) is 9.97 Å². The zero-order chi connectivity index (χ0) is 15.6. The normalized spacial score (nSPS) is 18.3. The molecule has 1 amide bonds. The molecule has 1 aromatic heterocycles. The molecule has 1 aromatic rings. The molecule has 0 aliphatic carbocycles. The van der Waals surface area contributed by atoms with E-state index in [1.165, 1.54) is 0 Å². The Morgan fingerprint density at radius 3 is 2.71 bits per heavy atom. The molecule has 0 spiro atoms. The highest BCUT2D eigenvalue weighted by atomic mass is 16.1. The number of nitrogens with zero attached hydrogens (tertiary/aromatic N) is 3. The molecule has 0 saturated carbocycles. The number of nitrogens with one attached hydrogen (secondary N) is 1. The van der Waals surface area contributed by atoms with Gasteiger partial charge in [-0.15, -0.1) is 0 Å². The number of amides is 1. The number of carbonyl (C=O) groups excluding carboxylic acids is 1. The molecule has 1 fully saturated rings. The van der Waals surface area contributed by atoms with Crippen LogP contribution in [0.1, 0.15) is 44.5 Å². The van der Waals surface area contributed by atoms with E-state index in [9.17, 15) is 4.79 Å². The van der Waals surface area contributed by atoms with E-state index in [0.29, 0.717) is 6.54 Å². The van der Waals surface area contributed by atoms with Crippen molar-refractivity contribution in [3.05, 3.63) is 11.4 Å². The molecule has 21 heavy (non-hydrogen) atoms. The van der Waals surface area contributed by atoms with Crippen LogP contribution in [-0.4, -0.2) is 35.5 Å². The van der Waals surface area contributed by atoms with Crippen LogP contribution in [0.2, 0.25) is 0 Å². The zero-order valence-electron chi connectivity index (χ0n) is 13.3. The Morgan fingerprint density at radius 2 is 2.19 bits per heavy atom. The van der Waals surface area contributed by atoms with Crippen molar-refractivity contribution in [2.24, 2.45) is 11.7 Å². The van der Waals surface area contributed by atoms with Crippen molar-refractivity contribution in [3.8, 4) is 0 Å². The van der Waals surface area contributed by atoms with Crippen molar-refractivity contribution < 1.29 is 4.79 Å². The van der Waals surface area contributed by atoms with Gasteiger partial charge in [0.1, 0.15) is 17.5 Å². The van der Waals surface area contributed by atoms with E-state index in [0.717, 1.165) is 42.5 Å². The highest BCUT2D eigenvalue weighted by Crippen LogP contribution is 2.29. The standard InChI is InChI=1S/C15H25N5O/c1-5-17-14-10(4)15(19-13(18-14)9(2)3)20-7-6-11(8-20)12(16)21/h9,11H,5-8H2,1-4H3,(H2,16,21)(H,17,18,19). The quantitative estimate of drug-likeness (QED) is 0.861. The van der Waals surface area contributed by atoms with E-state index in [-0.39, 0.29) is 17.7 Å². The van der Waals surface area contributed by atoms with Crippen LogP contribution in [0.5, 0.6) is 0 Å². The Balaban J connectivity index is 2.36. The van der Waals surface area contributed by atoms with Gasteiger partial charge in [-0.1, -0.05) is 13.8 Å². The summed E-state index contributed by atoms with van der Waals surface area (Å²) in [5, 5.41) is 3.30. The van der Waals surface area contributed by atoms with E-state index >= 15 is 0 Å². The molecule has 1 saturated heterocycles. The summed E-state index contributed by atoms with van der Waals surface area (Å²) in [5.74, 6) is 2.59. The van der Waals surface area contributed by atoms with E-state index < -0.39 is 0 Å². The molecule has 0 radical (unpaired) electrons. The fourth-order valence-electron chi connectivity index (χ4n) is 2.61. The SMILES string of the molecule is CCNc1nc(C(C)C)nc(N2CCC(C(N)=O)C2)c1C. The van der Waals surface area contributed by atoms with Gasteiger partial charge in [0.2, 0.25) is 5.91 Å². The van der Waals surface area contributed by atoms with Gasteiger partial charge in [0.05, 0.1) is 5.92 Å². The van der Waals surface area contributed by atoms with Gasteiger partial charge < -0.3 is 16.0 Å². The first-order valence-corrected chi connectivity index (χ1v) is 7.60. The number of hydrogen-bond donors (Lipinski definition) is 2. The highest BCUT2D eigenvalue weighted by Gasteiger charge is 2.29. The van der Waals surface area contributed by atoms with Gasteiger partial charge in [-0.3, -0.25) is 4.79 Å². The predicted molar refractivity (Wildman–Crippen MR) is 84.5 cm³/mol. The molecule has 2 rings (SSSR count). The molecule has 0 aromatic carbocycles. The molecule has 116 valence electrons. The van der Waals surface area contributed by atoms with Gasteiger partial charge in [0, 0.05) is 31.1 Å². The van der Waals surface area contributed by atoms with Crippen LogP contribution in [0.15, 0.2) is 0 Å². The second kappa shape index (κ2) is 6.28. The van der Waals surface area contributed by atoms with Crippen molar-refractivity contribution in [1.29, 1.82) is 0 Å². The summed E-state index contributed by atoms with van der Waals surface area (Å²) in [4.78, 5) is 22.8. The summed E-state index contributed by atoms with van der Waals surface area (Å²) < 4.78 is 0. The molecular weight excluding hydrogens is 266 g/mol. The predicted octanol–water partition coefficient (Wildman–Crippen LogP) is 1.65. The lowest BCUT2D eigenvalue weighted by Gasteiger charge is -2.22. The molecule has 0 bridgehead atoms. The second-order valence-electron chi connectivity index (χ2n) is 5.90. The van der Waals surface area contributed by atoms with Crippen LogP contribution in [0.25, 0.3) is 0 Å². The van der Waals surface area contributed by atoms with Crippen molar-refractivity contribution in [3.63, 3.8) is 0 Å². The molecule has 1 aliphatic rings. The smallest absolute Gasteiger partial charge is 0.222 e. The van der Waals surface area contributed by atoms with E-state index in [2.05, 4.69) is 36.0 Å². The topological polar surface area (TPSA) is 84.1 Å². The maximum Gasteiger partial charge on any atom is 0.222 e. The molecule has 2 heterocycles. The Labute approximate surface area is 126 Å². The average molecular weight is 291 g/mol. The van der Waals surface area contributed by atoms with Gasteiger partial charge in [-0.25, -0.2) is 9.97 Å². The Morgan fingerprint density at radius 1 is 1.48 bits per heavy atom. The van der Waals surface area contributed by atoms with Crippen LogP contribution in [0.3, 0.4) is 0 Å². The van der Waals surface area contributed by atoms with Crippen molar-refractivity contribution in [2.75, 3.05) is 29.9 Å². The lowest BCUT2D eigenvalue weighted by Crippen LogP contribution is -2.28. The first-order valence-electron chi connectivity index (χ1n) is 7.60. The number of anilines is 2. The largest absolute Gasteiger partial charge is 0.370 e. The third kappa shape index (κ3) is 3.25. The number of carbonyl (C=O) groups is 1. The molecule has 1 atom stereocenters. The molecular formula is C15H25N5O. The van der Waals surface area contributed by atoms with Gasteiger partial charge in [0.25, 0.3) is 0 Å². The van der Waals surface area contributed by atoms with E-state index in [4.69, 9.17) is 10.7 Å². The summed E-state index contributed by atoms with van der Waals surface area (Å²) in [5.41, 5.74) is 6.45. The lowest BCUT2D eigenvalue weighted by atomic mass is 10.1. The fraction of sp³-hybridized carbons (Fsp3) is 0.667. The maximum atomic E-state index is 11.4. The van der Waals surface area contributed by atoms with Gasteiger partial charge in [-0.05, 0) is 20.3 Å². The van der Waals surface area contributed by atoms with Crippen LogP contribution < -0.4 is 16.0 Å². The van der Waals surface area contributed by atoms with Crippen LogP contribution in [0.4, 0.5) is 11.6 Å². The highest BCUT2D eigenvalue weighted by molar-refractivity contribution is 5.78. The summed E-state index contributed by atoms with van der Waals surface area (Å²) in [7, 11) is 0.